The average Bonchev–Trinajstić information content (AvgIpc) is 2.83. The second-order valence-corrected chi connectivity index (χ2v) is 9.06. The van der Waals surface area contributed by atoms with Gasteiger partial charge in [-0.05, 0) is 48.0 Å². The fourth-order valence-corrected chi connectivity index (χ4v) is 4.71. The molecule has 0 saturated heterocycles. The SMILES string of the molecule is CCN(CC)S(=O)(=O)c1ccc(C(=O)C=Cc2ccccc2OCc2ccccc2)cc1. The third-order valence-corrected chi connectivity index (χ3v) is 7.12. The van der Waals surface area contributed by atoms with Crippen molar-refractivity contribution in [3.63, 3.8) is 0 Å². The lowest BCUT2D eigenvalue weighted by Gasteiger charge is -2.18. The summed E-state index contributed by atoms with van der Waals surface area (Å²) in [6.45, 7) is 4.82. The Labute approximate surface area is 190 Å². The van der Waals surface area contributed by atoms with E-state index in [-0.39, 0.29) is 10.7 Å². The summed E-state index contributed by atoms with van der Waals surface area (Å²) in [6, 6.07) is 23.4. The molecule has 6 heteroatoms. The van der Waals surface area contributed by atoms with Crippen LogP contribution in [0.3, 0.4) is 0 Å². The normalized spacial score (nSPS) is 11.7. The van der Waals surface area contributed by atoms with Crippen molar-refractivity contribution in [1.29, 1.82) is 0 Å². The quantitative estimate of drug-likeness (QED) is 0.316. The predicted octanol–water partition coefficient (Wildman–Crippen LogP) is 5.19. The standard InChI is InChI=1S/C26H27NO4S/c1-3-27(4-2)32(29,30)24-17-14-22(15-18-24)25(28)19-16-23-12-8-9-13-26(23)31-20-21-10-6-5-7-11-21/h5-19H,3-4,20H2,1-2H3. The van der Waals surface area contributed by atoms with E-state index in [1.165, 1.54) is 22.5 Å². The summed E-state index contributed by atoms with van der Waals surface area (Å²) in [7, 11) is -3.55. The minimum Gasteiger partial charge on any atom is -0.488 e. The second-order valence-electron chi connectivity index (χ2n) is 7.12. The van der Waals surface area contributed by atoms with Crippen molar-refractivity contribution >= 4 is 21.9 Å². The molecule has 0 aliphatic carbocycles. The summed E-state index contributed by atoms with van der Waals surface area (Å²) in [5.74, 6) is 0.468. The van der Waals surface area contributed by atoms with Crippen LogP contribution in [-0.4, -0.2) is 31.6 Å². The monoisotopic (exact) mass is 449 g/mol. The lowest BCUT2D eigenvalue weighted by molar-refractivity contribution is 0.104. The Morgan fingerprint density at radius 3 is 2.16 bits per heavy atom. The minimum atomic E-state index is -3.55. The first-order valence-corrected chi connectivity index (χ1v) is 12.0. The maximum Gasteiger partial charge on any atom is 0.243 e. The molecule has 0 fully saturated rings. The summed E-state index contributed by atoms with van der Waals surface area (Å²) >= 11 is 0. The highest BCUT2D eigenvalue weighted by Crippen LogP contribution is 2.22. The summed E-state index contributed by atoms with van der Waals surface area (Å²) in [6.07, 6.45) is 3.18. The molecule has 0 aliphatic rings. The number of para-hydroxylation sites is 1. The highest BCUT2D eigenvalue weighted by Gasteiger charge is 2.21. The van der Waals surface area contributed by atoms with Crippen LogP contribution < -0.4 is 4.74 Å². The van der Waals surface area contributed by atoms with Gasteiger partial charge < -0.3 is 4.74 Å². The fourth-order valence-electron chi connectivity index (χ4n) is 3.25. The van der Waals surface area contributed by atoms with E-state index in [0.717, 1.165) is 11.1 Å². The molecule has 0 unspecified atom stereocenters. The Hall–Kier alpha value is -3.22. The van der Waals surface area contributed by atoms with Crippen LogP contribution in [0.4, 0.5) is 0 Å². The molecular formula is C26H27NO4S. The summed E-state index contributed by atoms with van der Waals surface area (Å²) in [5, 5.41) is 0. The molecule has 0 amide bonds. The predicted molar refractivity (Wildman–Crippen MR) is 127 cm³/mol. The zero-order chi connectivity index (χ0) is 23.0. The van der Waals surface area contributed by atoms with Gasteiger partial charge in [-0.1, -0.05) is 62.4 Å². The smallest absolute Gasteiger partial charge is 0.243 e. The van der Waals surface area contributed by atoms with Gasteiger partial charge in [0.1, 0.15) is 12.4 Å². The van der Waals surface area contributed by atoms with Crippen molar-refractivity contribution in [3.8, 4) is 5.75 Å². The maximum absolute atomic E-state index is 12.6. The third-order valence-electron chi connectivity index (χ3n) is 5.05. The summed E-state index contributed by atoms with van der Waals surface area (Å²) < 4.78 is 32.5. The number of ketones is 1. The Morgan fingerprint density at radius 1 is 0.875 bits per heavy atom. The number of carbonyl (C=O) groups is 1. The van der Waals surface area contributed by atoms with Crippen LogP contribution in [0.5, 0.6) is 5.75 Å². The van der Waals surface area contributed by atoms with Gasteiger partial charge >= 0.3 is 0 Å². The number of benzene rings is 3. The summed E-state index contributed by atoms with van der Waals surface area (Å²) in [4.78, 5) is 12.8. The van der Waals surface area contributed by atoms with E-state index in [0.29, 0.717) is 31.0 Å². The molecule has 32 heavy (non-hydrogen) atoms. The highest BCUT2D eigenvalue weighted by atomic mass is 32.2. The Morgan fingerprint density at radius 2 is 1.50 bits per heavy atom. The van der Waals surface area contributed by atoms with E-state index >= 15 is 0 Å². The lowest BCUT2D eigenvalue weighted by Crippen LogP contribution is -2.30. The van der Waals surface area contributed by atoms with E-state index < -0.39 is 10.0 Å². The number of sulfonamides is 1. The van der Waals surface area contributed by atoms with Gasteiger partial charge in [-0.15, -0.1) is 0 Å². The Balaban J connectivity index is 1.72. The first kappa shape index (κ1) is 23.4. The van der Waals surface area contributed by atoms with Crippen LogP contribution in [-0.2, 0) is 16.6 Å². The largest absolute Gasteiger partial charge is 0.488 e. The van der Waals surface area contributed by atoms with E-state index in [2.05, 4.69) is 0 Å². The van der Waals surface area contributed by atoms with Crippen LogP contribution in [0, 0.1) is 0 Å². The molecule has 0 radical (unpaired) electrons. The molecule has 3 aromatic carbocycles. The van der Waals surface area contributed by atoms with Crippen molar-refractivity contribution in [2.24, 2.45) is 0 Å². The van der Waals surface area contributed by atoms with Gasteiger partial charge in [0.2, 0.25) is 10.0 Å². The minimum absolute atomic E-state index is 0.182. The molecule has 0 heterocycles. The molecule has 166 valence electrons. The fraction of sp³-hybridized carbons (Fsp3) is 0.192. The van der Waals surface area contributed by atoms with Crippen molar-refractivity contribution in [3.05, 3.63) is 102 Å². The van der Waals surface area contributed by atoms with Gasteiger partial charge in [0.05, 0.1) is 4.90 Å². The molecule has 0 N–H and O–H groups in total. The number of ether oxygens (including phenoxy) is 1. The number of hydrogen-bond donors (Lipinski definition) is 0. The van der Waals surface area contributed by atoms with Gasteiger partial charge in [0, 0.05) is 24.2 Å². The van der Waals surface area contributed by atoms with Crippen LogP contribution in [0.1, 0.15) is 35.3 Å². The molecule has 0 saturated carbocycles. The topological polar surface area (TPSA) is 63.7 Å². The molecule has 3 aromatic rings. The van der Waals surface area contributed by atoms with Crippen molar-refractivity contribution in [2.75, 3.05) is 13.1 Å². The number of rotatable bonds is 10. The van der Waals surface area contributed by atoms with Crippen LogP contribution in [0.25, 0.3) is 6.08 Å². The van der Waals surface area contributed by atoms with E-state index in [1.54, 1.807) is 32.1 Å². The summed E-state index contributed by atoms with van der Waals surface area (Å²) in [5.41, 5.74) is 2.27. The van der Waals surface area contributed by atoms with Gasteiger partial charge in [-0.25, -0.2) is 8.42 Å². The zero-order valence-electron chi connectivity index (χ0n) is 18.3. The van der Waals surface area contributed by atoms with Crippen molar-refractivity contribution < 1.29 is 17.9 Å². The van der Waals surface area contributed by atoms with Gasteiger partial charge in [0.25, 0.3) is 0 Å². The van der Waals surface area contributed by atoms with E-state index in [9.17, 15) is 13.2 Å². The molecule has 0 spiro atoms. The van der Waals surface area contributed by atoms with Crippen LogP contribution >= 0.6 is 0 Å². The van der Waals surface area contributed by atoms with Gasteiger partial charge in [-0.3, -0.25) is 4.79 Å². The molecule has 0 aromatic heterocycles. The van der Waals surface area contributed by atoms with E-state index in [1.807, 2.05) is 54.6 Å². The lowest BCUT2D eigenvalue weighted by atomic mass is 10.1. The maximum atomic E-state index is 12.6. The van der Waals surface area contributed by atoms with Crippen LogP contribution in [0.2, 0.25) is 0 Å². The first-order chi connectivity index (χ1) is 15.5. The Bertz CT molecular complexity index is 1170. The Kier molecular flexibility index (Phi) is 7.98. The highest BCUT2D eigenvalue weighted by molar-refractivity contribution is 7.89. The second kappa shape index (κ2) is 10.9. The molecule has 0 bridgehead atoms. The van der Waals surface area contributed by atoms with Gasteiger partial charge in [-0.2, -0.15) is 4.31 Å². The number of allylic oxidation sites excluding steroid dienone is 1. The number of nitrogens with zero attached hydrogens (tertiary/aromatic N) is 1. The van der Waals surface area contributed by atoms with Crippen molar-refractivity contribution in [1.82, 2.24) is 4.31 Å². The van der Waals surface area contributed by atoms with Crippen molar-refractivity contribution in [2.45, 2.75) is 25.3 Å². The van der Waals surface area contributed by atoms with E-state index in [4.69, 9.17) is 4.74 Å². The van der Waals surface area contributed by atoms with Gasteiger partial charge in [0.15, 0.2) is 5.78 Å². The molecular weight excluding hydrogens is 422 g/mol. The number of hydrogen-bond acceptors (Lipinski definition) is 4. The average molecular weight is 450 g/mol. The van der Waals surface area contributed by atoms with Crippen LogP contribution in [0.15, 0.2) is 89.8 Å². The molecule has 0 atom stereocenters. The first-order valence-electron chi connectivity index (χ1n) is 10.5. The molecule has 5 nitrogen and oxygen atoms in total. The zero-order valence-corrected chi connectivity index (χ0v) is 19.1. The molecule has 3 rings (SSSR count). The number of carbonyl (C=O) groups excluding carboxylic acids is 1. The third kappa shape index (κ3) is 5.72. The molecule has 0 aliphatic heterocycles.